The Morgan fingerprint density at radius 1 is 1.38 bits per heavy atom. The molecule has 0 aliphatic carbocycles. The fourth-order valence-corrected chi connectivity index (χ4v) is 2.36. The Morgan fingerprint density at radius 2 is 2.10 bits per heavy atom. The summed E-state index contributed by atoms with van der Waals surface area (Å²) in [5.41, 5.74) is 0.109. The third-order valence-corrected chi connectivity index (χ3v) is 3.78. The molecule has 0 spiro atoms. The standard InChI is InChI=1S/C14H16BrNO5/c15-11-2-1-9(14(18)19)7-12(11)21-8-13(17)16-10-3-5-20-6-4-10/h1-2,7,10H,3-6,8H2,(H,16,17)(H,18,19). The number of benzene rings is 1. The van der Waals surface area contributed by atoms with Crippen molar-refractivity contribution < 1.29 is 24.2 Å². The molecule has 1 fully saturated rings. The molecule has 1 heterocycles. The highest BCUT2D eigenvalue weighted by Crippen LogP contribution is 2.26. The zero-order valence-corrected chi connectivity index (χ0v) is 12.9. The molecule has 2 N–H and O–H groups in total. The molecule has 1 aromatic carbocycles. The van der Waals surface area contributed by atoms with Crippen molar-refractivity contribution in [2.24, 2.45) is 0 Å². The van der Waals surface area contributed by atoms with E-state index in [9.17, 15) is 9.59 Å². The van der Waals surface area contributed by atoms with E-state index in [2.05, 4.69) is 21.2 Å². The van der Waals surface area contributed by atoms with Gasteiger partial charge < -0.3 is 19.9 Å². The first-order valence-corrected chi connectivity index (χ1v) is 7.38. The van der Waals surface area contributed by atoms with Gasteiger partial charge in [0.2, 0.25) is 0 Å². The monoisotopic (exact) mass is 357 g/mol. The van der Waals surface area contributed by atoms with Crippen LogP contribution in [-0.4, -0.2) is 42.8 Å². The SMILES string of the molecule is O=C(COc1cc(C(=O)O)ccc1Br)NC1CCOCC1. The van der Waals surface area contributed by atoms with Gasteiger partial charge in [0.25, 0.3) is 5.91 Å². The van der Waals surface area contributed by atoms with Gasteiger partial charge in [0.05, 0.1) is 10.0 Å². The van der Waals surface area contributed by atoms with E-state index >= 15 is 0 Å². The number of halogens is 1. The normalized spacial score (nSPS) is 15.5. The van der Waals surface area contributed by atoms with Crippen LogP contribution < -0.4 is 10.1 Å². The summed E-state index contributed by atoms with van der Waals surface area (Å²) in [5, 5.41) is 11.8. The van der Waals surface area contributed by atoms with Gasteiger partial charge >= 0.3 is 5.97 Å². The molecule has 1 aliphatic heterocycles. The minimum Gasteiger partial charge on any atom is -0.483 e. The molecule has 114 valence electrons. The topological polar surface area (TPSA) is 84.9 Å². The highest BCUT2D eigenvalue weighted by Gasteiger charge is 2.16. The van der Waals surface area contributed by atoms with E-state index in [1.807, 2.05) is 0 Å². The molecule has 6 nitrogen and oxygen atoms in total. The second-order valence-corrected chi connectivity index (χ2v) is 5.55. The lowest BCUT2D eigenvalue weighted by atomic mass is 10.1. The number of carboxylic acid groups (broad SMARTS) is 1. The van der Waals surface area contributed by atoms with E-state index in [0.29, 0.717) is 23.4 Å². The van der Waals surface area contributed by atoms with Gasteiger partial charge in [-0.05, 0) is 47.0 Å². The minimum absolute atomic E-state index is 0.109. The zero-order valence-electron chi connectivity index (χ0n) is 11.3. The number of carboxylic acids is 1. The van der Waals surface area contributed by atoms with Crippen molar-refractivity contribution >= 4 is 27.8 Å². The summed E-state index contributed by atoms with van der Waals surface area (Å²) in [6.45, 7) is 1.15. The van der Waals surface area contributed by atoms with E-state index in [4.69, 9.17) is 14.6 Å². The number of rotatable bonds is 5. The number of nitrogens with one attached hydrogen (secondary N) is 1. The van der Waals surface area contributed by atoms with Gasteiger partial charge in [-0.25, -0.2) is 4.79 Å². The van der Waals surface area contributed by atoms with Gasteiger partial charge in [-0.3, -0.25) is 4.79 Å². The van der Waals surface area contributed by atoms with Gasteiger partial charge in [-0.15, -0.1) is 0 Å². The largest absolute Gasteiger partial charge is 0.483 e. The van der Waals surface area contributed by atoms with Crippen LogP contribution in [0.25, 0.3) is 0 Å². The highest BCUT2D eigenvalue weighted by atomic mass is 79.9. The molecule has 0 unspecified atom stereocenters. The second kappa shape index (κ2) is 7.42. The highest BCUT2D eigenvalue weighted by molar-refractivity contribution is 9.10. The van der Waals surface area contributed by atoms with Crippen molar-refractivity contribution in [1.82, 2.24) is 5.32 Å². The average Bonchev–Trinajstić information content (AvgIpc) is 2.47. The smallest absolute Gasteiger partial charge is 0.335 e. The van der Waals surface area contributed by atoms with Crippen molar-refractivity contribution in [2.45, 2.75) is 18.9 Å². The molecule has 2 rings (SSSR count). The van der Waals surface area contributed by atoms with Gasteiger partial charge in [-0.2, -0.15) is 0 Å². The Kier molecular flexibility index (Phi) is 5.58. The first-order chi connectivity index (χ1) is 10.1. The number of amides is 1. The Bertz CT molecular complexity index is 528. The van der Waals surface area contributed by atoms with E-state index in [1.165, 1.54) is 12.1 Å². The third kappa shape index (κ3) is 4.71. The maximum Gasteiger partial charge on any atom is 0.335 e. The van der Waals surface area contributed by atoms with Crippen molar-refractivity contribution in [3.63, 3.8) is 0 Å². The van der Waals surface area contributed by atoms with E-state index in [0.717, 1.165) is 12.8 Å². The Hall–Kier alpha value is -1.60. The fourth-order valence-electron chi connectivity index (χ4n) is 2.00. The van der Waals surface area contributed by atoms with Crippen LogP contribution in [0.5, 0.6) is 5.75 Å². The molecule has 1 saturated heterocycles. The molecule has 7 heteroatoms. The molecule has 0 aromatic heterocycles. The molecule has 0 bridgehead atoms. The summed E-state index contributed by atoms with van der Waals surface area (Å²) in [6, 6.07) is 4.54. The summed E-state index contributed by atoms with van der Waals surface area (Å²) in [7, 11) is 0. The maximum absolute atomic E-state index is 11.8. The first-order valence-electron chi connectivity index (χ1n) is 6.59. The second-order valence-electron chi connectivity index (χ2n) is 4.69. The summed E-state index contributed by atoms with van der Waals surface area (Å²) in [5.74, 6) is -0.939. The van der Waals surface area contributed by atoms with Gasteiger partial charge in [0.1, 0.15) is 5.75 Å². The summed E-state index contributed by atoms with van der Waals surface area (Å²) >= 11 is 3.26. The van der Waals surface area contributed by atoms with Crippen molar-refractivity contribution in [1.29, 1.82) is 0 Å². The number of aromatic carboxylic acids is 1. The molecule has 0 saturated carbocycles. The number of hydrogen-bond donors (Lipinski definition) is 2. The van der Waals surface area contributed by atoms with E-state index < -0.39 is 5.97 Å². The van der Waals surface area contributed by atoms with Crippen LogP contribution >= 0.6 is 15.9 Å². The zero-order chi connectivity index (χ0) is 15.2. The summed E-state index contributed by atoms with van der Waals surface area (Å²) < 4.78 is 11.2. The van der Waals surface area contributed by atoms with Crippen LogP contribution in [0, 0.1) is 0 Å². The van der Waals surface area contributed by atoms with Gasteiger partial charge in [0, 0.05) is 19.3 Å². The van der Waals surface area contributed by atoms with Crippen LogP contribution in [0.3, 0.4) is 0 Å². The van der Waals surface area contributed by atoms with Gasteiger partial charge in [-0.1, -0.05) is 0 Å². The van der Waals surface area contributed by atoms with E-state index in [1.54, 1.807) is 6.07 Å². The van der Waals surface area contributed by atoms with Crippen molar-refractivity contribution in [3.05, 3.63) is 28.2 Å². The average molecular weight is 358 g/mol. The fraction of sp³-hybridized carbons (Fsp3) is 0.429. The van der Waals surface area contributed by atoms with Crippen LogP contribution in [0.4, 0.5) is 0 Å². The lowest BCUT2D eigenvalue weighted by Crippen LogP contribution is -2.41. The molecular weight excluding hydrogens is 342 g/mol. The van der Waals surface area contributed by atoms with E-state index in [-0.39, 0.29) is 24.1 Å². The first kappa shape index (κ1) is 15.8. The summed E-state index contributed by atoms with van der Waals surface area (Å²) in [6.07, 6.45) is 1.59. The minimum atomic E-state index is -1.04. The van der Waals surface area contributed by atoms with Crippen LogP contribution in [0.1, 0.15) is 23.2 Å². The molecule has 0 atom stereocenters. The van der Waals surface area contributed by atoms with Crippen molar-refractivity contribution in [2.75, 3.05) is 19.8 Å². The number of hydrogen-bond acceptors (Lipinski definition) is 4. The molecular formula is C14H16BrNO5. The Balaban J connectivity index is 1.88. The number of carbonyl (C=O) groups is 2. The van der Waals surface area contributed by atoms with Crippen molar-refractivity contribution in [3.8, 4) is 5.75 Å². The van der Waals surface area contributed by atoms with Gasteiger partial charge in [0.15, 0.2) is 6.61 Å². The van der Waals surface area contributed by atoms with Crippen LogP contribution in [0.15, 0.2) is 22.7 Å². The molecule has 0 radical (unpaired) electrons. The number of ether oxygens (including phenoxy) is 2. The lowest BCUT2D eigenvalue weighted by molar-refractivity contribution is -0.124. The molecule has 1 amide bonds. The quantitative estimate of drug-likeness (QED) is 0.839. The molecule has 1 aliphatic rings. The maximum atomic E-state index is 11.8. The Morgan fingerprint density at radius 3 is 2.76 bits per heavy atom. The van der Waals surface area contributed by atoms with Crippen LogP contribution in [-0.2, 0) is 9.53 Å². The predicted molar refractivity (Wildman–Crippen MR) is 78.6 cm³/mol. The molecule has 21 heavy (non-hydrogen) atoms. The summed E-state index contributed by atoms with van der Waals surface area (Å²) in [4.78, 5) is 22.7. The molecule has 1 aromatic rings. The number of carbonyl (C=O) groups excluding carboxylic acids is 1. The predicted octanol–water partition coefficient (Wildman–Crippen LogP) is 1.82. The lowest BCUT2D eigenvalue weighted by Gasteiger charge is -2.23. The third-order valence-electron chi connectivity index (χ3n) is 3.12. The van der Waals surface area contributed by atoms with Crippen LogP contribution in [0.2, 0.25) is 0 Å². The Labute approximate surface area is 130 Å².